The summed E-state index contributed by atoms with van der Waals surface area (Å²) >= 11 is 0. The fourth-order valence-corrected chi connectivity index (χ4v) is 2.83. The van der Waals surface area contributed by atoms with Crippen molar-refractivity contribution < 1.29 is 10.2 Å². The standard InChI is InChI=1S/C14H26N4O2/c1-9-6-17(5-4-13(9)20)7-12(19)8-18-11(3)14(15)10(2)16-18/h9,12-13,19-20H,4-8,15H2,1-3H3. The van der Waals surface area contributed by atoms with Crippen LogP contribution in [0.15, 0.2) is 0 Å². The van der Waals surface area contributed by atoms with Crippen molar-refractivity contribution >= 4 is 5.69 Å². The van der Waals surface area contributed by atoms with Crippen LogP contribution in [-0.2, 0) is 6.54 Å². The van der Waals surface area contributed by atoms with Crippen LogP contribution in [0.2, 0.25) is 0 Å². The van der Waals surface area contributed by atoms with Crippen molar-refractivity contribution in [3.05, 3.63) is 11.4 Å². The number of likely N-dealkylation sites (tertiary alicyclic amines) is 1. The number of rotatable bonds is 4. The van der Waals surface area contributed by atoms with Gasteiger partial charge in [0.05, 0.1) is 35.8 Å². The van der Waals surface area contributed by atoms with E-state index in [0.29, 0.717) is 18.8 Å². The van der Waals surface area contributed by atoms with Gasteiger partial charge in [0.1, 0.15) is 0 Å². The maximum atomic E-state index is 10.2. The highest BCUT2D eigenvalue weighted by Crippen LogP contribution is 2.18. The lowest BCUT2D eigenvalue weighted by molar-refractivity contribution is 0.0114. The second-order valence-corrected chi connectivity index (χ2v) is 6.01. The molecule has 0 amide bonds. The topological polar surface area (TPSA) is 87.5 Å². The number of hydrogen-bond donors (Lipinski definition) is 3. The Morgan fingerprint density at radius 2 is 2.10 bits per heavy atom. The maximum absolute atomic E-state index is 10.2. The van der Waals surface area contributed by atoms with Gasteiger partial charge in [-0.15, -0.1) is 0 Å². The number of aromatic nitrogens is 2. The van der Waals surface area contributed by atoms with E-state index in [4.69, 9.17) is 5.73 Å². The van der Waals surface area contributed by atoms with E-state index >= 15 is 0 Å². The van der Waals surface area contributed by atoms with E-state index in [9.17, 15) is 10.2 Å². The third-order valence-corrected chi connectivity index (χ3v) is 4.23. The number of aliphatic hydroxyl groups is 2. The van der Waals surface area contributed by atoms with E-state index in [2.05, 4.69) is 10.00 Å². The molecule has 6 nitrogen and oxygen atoms in total. The highest BCUT2D eigenvalue weighted by Gasteiger charge is 2.25. The van der Waals surface area contributed by atoms with E-state index in [0.717, 1.165) is 30.9 Å². The lowest BCUT2D eigenvalue weighted by Crippen LogP contribution is -2.45. The van der Waals surface area contributed by atoms with E-state index in [-0.39, 0.29) is 12.0 Å². The summed E-state index contributed by atoms with van der Waals surface area (Å²) in [7, 11) is 0. The van der Waals surface area contributed by atoms with Gasteiger partial charge in [0.15, 0.2) is 0 Å². The molecule has 1 saturated heterocycles. The number of nitrogens with zero attached hydrogens (tertiary/aromatic N) is 3. The molecule has 1 aliphatic heterocycles. The molecule has 2 rings (SSSR count). The number of nitrogen functional groups attached to an aromatic ring is 1. The Balaban J connectivity index is 1.89. The zero-order valence-corrected chi connectivity index (χ0v) is 12.6. The molecule has 6 heteroatoms. The van der Waals surface area contributed by atoms with Crippen LogP contribution in [0.25, 0.3) is 0 Å². The largest absolute Gasteiger partial charge is 0.396 e. The van der Waals surface area contributed by atoms with Gasteiger partial charge >= 0.3 is 0 Å². The number of aliphatic hydroxyl groups excluding tert-OH is 2. The second kappa shape index (κ2) is 6.11. The summed E-state index contributed by atoms with van der Waals surface area (Å²) in [5, 5.41) is 24.3. The van der Waals surface area contributed by atoms with E-state index in [1.54, 1.807) is 4.68 Å². The molecule has 0 radical (unpaired) electrons. The highest BCUT2D eigenvalue weighted by molar-refractivity contribution is 5.46. The van der Waals surface area contributed by atoms with Crippen molar-refractivity contribution in [2.45, 2.75) is 45.9 Å². The fraction of sp³-hybridized carbons (Fsp3) is 0.786. The number of aryl methyl sites for hydroxylation is 1. The zero-order chi connectivity index (χ0) is 14.9. The lowest BCUT2D eigenvalue weighted by atomic mass is 9.96. The van der Waals surface area contributed by atoms with E-state index in [1.807, 2.05) is 20.8 Å². The number of anilines is 1. The van der Waals surface area contributed by atoms with Gasteiger partial charge in [-0.2, -0.15) is 5.10 Å². The minimum absolute atomic E-state index is 0.209. The number of β-amino-alcohol motifs (C(OH)–C–C–N with tert-alkyl or cyclic N) is 1. The van der Waals surface area contributed by atoms with Gasteiger partial charge in [0, 0.05) is 19.6 Å². The summed E-state index contributed by atoms with van der Waals surface area (Å²) in [6.07, 6.45) is 0.0924. The summed E-state index contributed by atoms with van der Waals surface area (Å²) in [4.78, 5) is 2.21. The SMILES string of the molecule is Cc1nn(CC(O)CN2CCC(O)C(C)C2)c(C)c1N. The van der Waals surface area contributed by atoms with Gasteiger partial charge in [-0.3, -0.25) is 4.68 Å². The second-order valence-electron chi connectivity index (χ2n) is 6.01. The average molecular weight is 282 g/mol. The summed E-state index contributed by atoms with van der Waals surface area (Å²) in [6, 6.07) is 0. The lowest BCUT2D eigenvalue weighted by Gasteiger charge is -2.35. The van der Waals surface area contributed by atoms with Gasteiger partial charge in [0.2, 0.25) is 0 Å². The van der Waals surface area contributed by atoms with Gasteiger partial charge in [-0.05, 0) is 26.2 Å². The van der Waals surface area contributed by atoms with Crippen molar-refractivity contribution in [2.24, 2.45) is 5.92 Å². The van der Waals surface area contributed by atoms with Crippen LogP contribution in [-0.4, -0.2) is 56.7 Å². The zero-order valence-electron chi connectivity index (χ0n) is 12.6. The van der Waals surface area contributed by atoms with Crippen LogP contribution >= 0.6 is 0 Å². The molecule has 0 aromatic carbocycles. The summed E-state index contributed by atoms with van der Waals surface area (Å²) in [6.45, 7) is 8.57. The highest BCUT2D eigenvalue weighted by atomic mass is 16.3. The molecule has 1 aromatic heterocycles. The van der Waals surface area contributed by atoms with Crippen LogP contribution in [0, 0.1) is 19.8 Å². The monoisotopic (exact) mass is 282 g/mol. The Labute approximate surface area is 120 Å². The van der Waals surface area contributed by atoms with Gasteiger partial charge in [0.25, 0.3) is 0 Å². The van der Waals surface area contributed by atoms with Gasteiger partial charge < -0.3 is 20.8 Å². The molecule has 1 fully saturated rings. The molecule has 2 heterocycles. The van der Waals surface area contributed by atoms with E-state index in [1.165, 1.54) is 0 Å². The molecule has 4 N–H and O–H groups in total. The molecule has 0 spiro atoms. The van der Waals surface area contributed by atoms with Crippen molar-refractivity contribution in [2.75, 3.05) is 25.4 Å². The predicted molar refractivity (Wildman–Crippen MR) is 78.3 cm³/mol. The first-order chi connectivity index (χ1) is 9.38. The first kappa shape index (κ1) is 15.3. The van der Waals surface area contributed by atoms with Crippen molar-refractivity contribution in [1.82, 2.24) is 14.7 Å². The normalized spacial score (nSPS) is 25.9. The molecular formula is C14H26N4O2. The molecule has 20 heavy (non-hydrogen) atoms. The number of hydrogen-bond acceptors (Lipinski definition) is 5. The average Bonchev–Trinajstić information content (AvgIpc) is 2.61. The summed E-state index contributed by atoms with van der Waals surface area (Å²) in [5.41, 5.74) is 8.31. The van der Waals surface area contributed by atoms with Crippen LogP contribution in [0.5, 0.6) is 0 Å². The number of nitrogens with two attached hydrogens (primary N) is 1. The summed E-state index contributed by atoms with van der Waals surface area (Å²) in [5.74, 6) is 0.264. The molecular weight excluding hydrogens is 256 g/mol. The number of piperidine rings is 1. The molecule has 0 saturated carbocycles. The Morgan fingerprint density at radius 3 is 2.65 bits per heavy atom. The minimum Gasteiger partial charge on any atom is -0.396 e. The van der Waals surface area contributed by atoms with Crippen molar-refractivity contribution in [1.29, 1.82) is 0 Å². The molecule has 0 aliphatic carbocycles. The Morgan fingerprint density at radius 1 is 1.40 bits per heavy atom. The van der Waals surface area contributed by atoms with E-state index < -0.39 is 6.10 Å². The summed E-state index contributed by atoms with van der Waals surface area (Å²) < 4.78 is 1.78. The molecule has 114 valence electrons. The minimum atomic E-state index is -0.477. The molecule has 1 aromatic rings. The molecule has 3 atom stereocenters. The maximum Gasteiger partial charge on any atom is 0.0862 e. The molecule has 1 aliphatic rings. The van der Waals surface area contributed by atoms with Crippen LogP contribution in [0.1, 0.15) is 24.7 Å². The quantitative estimate of drug-likeness (QED) is 0.731. The third kappa shape index (κ3) is 3.31. The van der Waals surface area contributed by atoms with Crippen LogP contribution < -0.4 is 5.73 Å². The van der Waals surface area contributed by atoms with Gasteiger partial charge in [-0.1, -0.05) is 6.92 Å². The van der Waals surface area contributed by atoms with Gasteiger partial charge in [-0.25, -0.2) is 0 Å². The van der Waals surface area contributed by atoms with Crippen LogP contribution in [0.3, 0.4) is 0 Å². The Kier molecular flexibility index (Phi) is 4.67. The smallest absolute Gasteiger partial charge is 0.0862 e. The Bertz CT molecular complexity index is 460. The molecule has 3 unspecified atom stereocenters. The molecule has 0 bridgehead atoms. The predicted octanol–water partition coefficient (Wildman–Crippen LogP) is 0.146. The Hall–Kier alpha value is -1.11. The van der Waals surface area contributed by atoms with Crippen molar-refractivity contribution in [3.63, 3.8) is 0 Å². The van der Waals surface area contributed by atoms with Crippen molar-refractivity contribution in [3.8, 4) is 0 Å². The first-order valence-corrected chi connectivity index (χ1v) is 7.26. The fourth-order valence-electron chi connectivity index (χ4n) is 2.83. The first-order valence-electron chi connectivity index (χ1n) is 7.26. The third-order valence-electron chi connectivity index (χ3n) is 4.23. The van der Waals surface area contributed by atoms with Crippen LogP contribution in [0.4, 0.5) is 5.69 Å².